The molecule has 3 aromatic carbocycles. The average molecular weight is 1690 g/mol. The minimum absolute atomic E-state index is 0.00883. The van der Waals surface area contributed by atoms with Crippen LogP contribution in [0.25, 0.3) is 28.3 Å². The van der Waals surface area contributed by atoms with Gasteiger partial charge >= 0.3 is 21.1 Å². The molecule has 8 aromatic rings. The number of hydrogen-bond donors (Lipinski definition) is 0. The Kier molecular flexibility index (Phi) is 21.5. The van der Waals surface area contributed by atoms with Crippen LogP contribution in [0.5, 0.6) is 0 Å². The maximum absolute atomic E-state index is 13.4. The Morgan fingerprint density at radius 2 is 0.765 bits per heavy atom. The molecule has 12 aliphatic rings. The van der Waals surface area contributed by atoms with Crippen molar-refractivity contribution >= 4 is 111 Å². The molecule has 0 unspecified atom stereocenters. The van der Waals surface area contributed by atoms with E-state index < -0.39 is 32.3 Å². The number of fused-ring (bicyclic) bond motifs is 9. The standard InChI is InChI=1S/C24H28BN5O3.C23H19FN6O.C18H16BrN5O.C12H24B2O4.C5H3BrFN/c1-23(2)24(3,4)33-25(32-23)18-7-5-6-17-16(18)10-11-29-19(17)12-20(26-13-21(29)31)30-14-27-22(28-30)15-8-9-15;24-15-6-7-19(25-11-15)17-2-1-3-18-16(17)8-9-29-20(18)10-21(26-12-22(29)31)30-13-27-23(28-30)14-4-5-14;19-14-3-1-2-13-12(14)6-7-23-15(13)8-16(20-9-17(23)25)24-10-21-18(22-24)11-4-5-11;1-9(2)10(3,4)16-13(15-9)14-17-11(5,6)12(7,8)18-14;6-5-2-1-4(7)3-8-5/h5-7,12,14-15H,8-11,13H2,1-4H3;1-3,6-7,10-11,13-14H,4-5,8-9,12H2;1-3,8,10-11H,4-7,9H2;1-8H3;1-3H. The predicted octanol–water partition coefficient (Wildman–Crippen LogP) is 12.0. The second-order valence-corrected chi connectivity index (χ2v) is 35.1. The van der Waals surface area contributed by atoms with Crippen molar-refractivity contribution < 1.29 is 51.1 Å². The Balaban J connectivity index is 0.000000114. The van der Waals surface area contributed by atoms with Crippen LogP contribution in [0.15, 0.2) is 153 Å². The zero-order valence-electron chi connectivity index (χ0n) is 66.5. The zero-order chi connectivity index (χ0) is 80.8. The number of allylic oxidation sites excluding steroid dienone is 3. The molecule has 0 bridgehead atoms. The lowest BCUT2D eigenvalue weighted by Gasteiger charge is -2.32. The summed E-state index contributed by atoms with van der Waals surface area (Å²) in [6.45, 7) is 26.6. The number of rotatable bonds is 6. The number of aromatic nitrogens is 11. The summed E-state index contributed by atoms with van der Waals surface area (Å²) in [7, 11) is -1.39. The quantitative estimate of drug-likeness (QED) is 0.110. The van der Waals surface area contributed by atoms with Gasteiger partial charge in [0, 0.05) is 82.3 Å². The van der Waals surface area contributed by atoms with E-state index >= 15 is 0 Å². The van der Waals surface area contributed by atoms with Crippen molar-refractivity contribution in [1.29, 1.82) is 0 Å². The van der Waals surface area contributed by atoms with Crippen LogP contribution < -0.4 is 5.46 Å². The van der Waals surface area contributed by atoms with Crippen LogP contribution in [0.3, 0.4) is 0 Å². The summed E-state index contributed by atoms with van der Waals surface area (Å²) in [5, 5.41) is 13.8. The molecular weight excluding hydrogens is 1600 g/mol. The summed E-state index contributed by atoms with van der Waals surface area (Å²) in [4.78, 5) is 78.5. The Morgan fingerprint density at radius 1 is 0.409 bits per heavy atom. The summed E-state index contributed by atoms with van der Waals surface area (Å²) >= 11 is 6.70. The average Bonchev–Trinajstić information content (AvgIpc) is 1.53. The molecule has 5 aromatic heterocycles. The fourth-order valence-corrected chi connectivity index (χ4v) is 15.5. The molecule has 26 nitrogen and oxygen atoms in total. The molecule has 0 radical (unpaired) electrons. The third-order valence-corrected chi connectivity index (χ3v) is 25.0. The van der Waals surface area contributed by atoms with E-state index in [0.29, 0.717) is 71.6 Å². The summed E-state index contributed by atoms with van der Waals surface area (Å²) in [6, 6.07) is 24.2. The highest BCUT2D eigenvalue weighted by Gasteiger charge is 2.64. The largest absolute Gasteiger partial charge is 0.495 e. The molecule has 9 aliphatic heterocycles. The zero-order valence-corrected chi connectivity index (χ0v) is 69.7. The third kappa shape index (κ3) is 16.4. The topological polar surface area (TPSA) is 271 Å². The lowest BCUT2D eigenvalue weighted by molar-refractivity contribution is -0.127. The van der Waals surface area contributed by atoms with Crippen LogP contribution in [0.1, 0.15) is 190 Å². The summed E-state index contributed by atoms with van der Waals surface area (Å²) in [5.41, 5.74) is 9.50. The van der Waals surface area contributed by atoms with Gasteiger partial charge in [-0.15, -0.1) is 15.3 Å². The van der Waals surface area contributed by atoms with Gasteiger partial charge in [0.25, 0.3) is 0 Å². The first-order chi connectivity index (χ1) is 54.8. The molecular formula is C82H90B3Br2F2N17O9. The van der Waals surface area contributed by atoms with E-state index in [9.17, 15) is 23.2 Å². The lowest BCUT2D eigenvalue weighted by atomic mass is 9.49. The number of carbonyl (C=O) groups is 3. The van der Waals surface area contributed by atoms with Crippen LogP contribution in [-0.4, -0.2) is 198 Å². The van der Waals surface area contributed by atoms with Crippen molar-refractivity contribution in [2.75, 3.05) is 39.3 Å². The molecule has 6 fully saturated rings. The van der Waals surface area contributed by atoms with Gasteiger partial charge in [0.2, 0.25) is 17.7 Å². The molecule has 3 aliphatic carbocycles. The van der Waals surface area contributed by atoms with E-state index in [1.165, 1.54) is 23.9 Å². The van der Waals surface area contributed by atoms with E-state index in [-0.39, 0.29) is 71.4 Å². The van der Waals surface area contributed by atoms with Crippen LogP contribution in [0.2, 0.25) is 0 Å². The SMILES string of the molecule is CC1(C)OB(B2OC(C)(C)C(C)(C)O2)OC1(C)C.CC1(C)OB(c2cccc3c2CCN2C(=O)CN=C(n4cnc(C5CC5)n4)C=C32)OC1(C)C.Fc1ccc(Br)nc1.O=C1CN=C(n2cnc(C3CC3)n2)C=C2c3cccc(-c4ccc(F)cn4)c3CCN12.O=C1CN=C(n2cnc(C3CC3)n2)C=C2c3cccc(Br)c3CCN12. The monoisotopic (exact) mass is 1690 g/mol. The van der Waals surface area contributed by atoms with Crippen LogP contribution >= 0.6 is 31.9 Å². The molecule has 3 saturated heterocycles. The highest BCUT2D eigenvalue weighted by Crippen LogP contribution is 2.46. The van der Waals surface area contributed by atoms with E-state index in [2.05, 4.69) is 133 Å². The fraction of sp³-hybridized carbons (Fsp3) is 0.439. The van der Waals surface area contributed by atoms with Crippen molar-refractivity contribution in [3.05, 3.63) is 200 Å². The number of pyridine rings is 2. The molecule has 33 heteroatoms. The summed E-state index contributed by atoms with van der Waals surface area (Å²) < 4.78 is 68.7. The number of amides is 3. The maximum atomic E-state index is 13.4. The van der Waals surface area contributed by atoms with Crippen molar-refractivity contribution in [2.45, 2.75) is 192 Å². The predicted molar refractivity (Wildman–Crippen MR) is 439 cm³/mol. The Labute approximate surface area is 684 Å². The van der Waals surface area contributed by atoms with Gasteiger partial charge in [-0.05, 0) is 209 Å². The molecule has 14 heterocycles. The van der Waals surface area contributed by atoms with Gasteiger partial charge in [-0.2, -0.15) is 0 Å². The highest BCUT2D eigenvalue weighted by molar-refractivity contribution is 9.10. The van der Waals surface area contributed by atoms with Gasteiger partial charge in [0.1, 0.15) is 54.9 Å². The van der Waals surface area contributed by atoms with Gasteiger partial charge < -0.3 is 42.6 Å². The second-order valence-electron chi connectivity index (χ2n) is 33.4. The number of halogens is 4. The number of hydrogen-bond acceptors (Lipinski definition) is 20. The maximum Gasteiger partial charge on any atom is 0.495 e. The Bertz CT molecular complexity index is 5240. The molecule has 0 atom stereocenters. The minimum atomic E-state index is -0.476. The first kappa shape index (κ1) is 79.6. The van der Waals surface area contributed by atoms with Gasteiger partial charge in [-0.25, -0.2) is 42.8 Å². The Hall–Kier alpha value is -9.21. The van der Waals surface area contributed by atoms with Crippen molar-refractivity contribution in [3.63, 3.8) is 0 Å². The number of nitrogens with zero attached hydrogens (tertiary/aromatic N) is 17. The number of aliphatic imine (C=N–C) groups is 3. The minimum Gasteiger partial charge on any atom is -0.405 e. The number of benzene rings is 3. The molecule has 0 N–H and O–H groups in total. The van der Waals surface area contributed by atoms with Gasteiger partial charge in [0.05, 0.1) is 68.8 Å². The van der Waals surface area contributed by atoms with Crippen LogP contribution in [0, 0.1) is 11.6 Å². The normalized spacial score (nSPS) is 21.6. The second kappa shape index (κ2) is 31.0. The molecule has 3 amide bonds. The third-order valence-electron chi connectivity index (χ3n) is 23.8. The van der Waals surface area contributed by atoms with Crippen molar-refractivity contribution in [2.24, 2.45) is 15.0 Å². The van der Waals surface area contributed by atoms with Crippen LogP contribution in [0.4, 0.5) is 8.78 Å². The fourth-order valence-electron chi connectivity index (χ4n) is 14.7. The first-order valence-corrected chi connectivity index (χ1v) is 40.8. The summed E-state index contributed by atoms with van der Waals surface area (Å²) in [6.07, 6.45) is 22.4. The molecule has 20 rings (SSSR count). The van der Waals surface area contributed by atoms with Gasteiger partial charge in [-0.3, -0.25) is 34.3 Å². The lowest BCUT2D eigenvalue weighted by Crippen LogP contribution is -2.42. The molecule has 0 spiro atoms. The van der Waals surface area contributed by atoms with Crippen LogP contribution in [-0.2, 0) is 61.6 Å². The summed E-state index contributed by atoms with van der Waals surface area (Å²) in [5.74, 6) is 5.16. The molecule has 594 valence electrons. The first-order valence-electron chi connectivity index (χ1n) is 39.2. The van der Waals surface area contributed by atoms with Crippen molar-refractivity contribution in [1.82, 2.24) is 69.0 Å². The smallest absolute Gasteiger partial charge is 0.405 e. The van der Waals surface area contributed by atoms with E-state index in [0.717, 1.165) is 135 Å². The van der Waals surface area contributed by atoms with E-state index in [1.807, 2.05) is 120 Å². The number of carbonyl (C=O) groups excluding carboxylic acids is 3. The highest BCUT2D eigenvalue weighted by atomic mass is 79.9. The van der Waals surface area contributed by atoms with Crippen molar-refractivity contribution in [3.8, 4) is 11.3 Å². The van der Waals surface area contributed by atoms with Gasteiger partial charge in [0.15, 0.2) is 35.0 Å². The molecule has 3 saturated carbocycles. The van der Waals surface area contributed by atoms with E-state index in [1.54, 1.807) is 50.1 Å². The van der Waals surface area contributed by atoms with Gasteiger partial charge in [-0.1, -0.05) is 64.5 Å². The Morgan fingerprint density at radius 3 is 1.16 bits per heavy atom. The molecule has 115 heavy (non-hydrogen) atoms. The van der Waals surface area contributed by atoms with E-state index in [4.69, 9.17) is 27.9 Å².